The number of halogens is 1. The number of aryl methyl sites for hydroxylation is 3. The van der Waals surface area contributed by atoms with Crippen LogP contribution in [0, 0.1) is 20.8 Å². The molecule has 4 nitrogen and oxygen atoms in total. The molecule has 1 N–H and O–H groups in total. The number of fused-ring (bicyclic) bond motifs is 1. The van der Waals surface area contributed by atoms with E-state index in [4.69, 9.17) is 11.6 Å². The van der Waals surface area contributed by atoms with Gasteiger partial charge in [-0.2, -0.15) is 0 Å². The minimum Gasteiger partial charge on any atom is -0.375 e. The summed E-state index contributed by atoms with van der Waals surface area (Å²) in [6.07, 6.45) is -0.313. The molecule has 0 saturated carbocycles. The van der Waals surface area contributed by atoms with Crippen LogP contribution >= 0.6 is 11.6 Å². The number of ketones is 1. The highest BCUT2D eigenvalue weighted by molar-refractivity contribution is 6.31. The third kappa shape index (κ3) is 3.67. The molecule has 1 aliphatic rings. The molecule has 1 atom stereocenters. The second-order valence-electron chi connectivity index (χ2n) is 8.23. The standard InChI is InChI=1S/C26H24ClNO3/c1-16-12-17(2)24(18(3)13-16)23(29)14-26(31)20-9-5-7-11-22(20)28(25(26)30)15-19-8-4-6-10-21(19)27/h4-13,31H,14-15H2,1-3H3. The minimum absolute atomic E-state index is 0.217. The van der Waals surface area contributed by atoms with E-state index < -0.39 is 11.5 Å². The monoisotopic (exact) mass is 433 g/mol. The Bertz CT molecular complexity index is 1180. The van der Waals surface area contributed by atoms with Gasteiger partial charge < -0.3 is 10.0 Å². The van der Waals surface area contributed by atoms with Gasteiger partial charge in [0.15, 0.2) is 11.4 Å². The van der Waals surface area contributed by atoms with Gasteiger partial charge in [-0.15, -0.1) is 0 Å². The normalized spacial score (nSPS) is 17.7. The summed E-state index contributed by atoms with van der Waals surface area (Å²) in [5, 5.41) is 12.1. The van der Waals surface area contributed by atoms with Crippen LogP contribution in [0.2, 0.25) is 5.02 Å². The van der Waals surface area contributed by atoms with Crippen LogP contribution < -0.4 is 4.90 Å². The Hall–Kier alpha value is -2.95. The number of carbonyl (C=O) groups is 2. The second-order valence-corrected chi connectivity index (χ2v) is 8.64. The molecule has 3 aromatic rings. The molecule has 158 valence electrons. The number of para-hydroxylation sites is 1. The van der Waals surface area contributed by atoms with Gasteiger partial charge >= 0.3 is 0 Å². The van der Waals surface area contributed by atoms with Gasteiger partial charge in [0.2, 0.25) is 0 Å². The van der Waals surface area contributed by atoms with Crippen LogP contribution in [-0.4, -0.2) is 16.8 Å². The summed E-state index contributed by atoms with van der Waals surface area (Å²) < 4.78 is 0. The van der Waals surface area contributed by atoms with Gasteiger partial charge in [-0.05, 0) is 49.6 Å². The van der Waals surface area contributed by atoms with Crippen molar-refractivity contribution in [1.82, 2.24) is 0 Å². The van der Waals surface area contributed by atoms with Crippen molar-refractivity contribution in [3.8, 4) is 0 Å². The first-order valence-corrected chi connectivity index (χ1v) is 10.6. The number of rotatable bonds is 5. The predicted octanol–water partition coefficient (Wildman–Crippen LogP) is 5.27. The molecule has 4 rings (SSSR count). The highest BCUT2D eigenvalue weighted by Gasteiger charge is 2.51. The Balaban J connectivity index is 1.72. The fourth-order valence-electron chi connectivity index (χ4n) is 4.57. The van der Waals surface area contributed by atoms with Crippen LogP contribution in [-0.2, 0) is 16.9 Å². The van der Waals surface area contributed by atoms with Crippen molar-refractivity contribution in [2.75, 3.05) is 4.90 Å². The highest BCUT2D eigenvalue weighted by atomic mass is 35.5. The van der Waals surface area contributed by atoms with Crippen LogP contribution in [0.25, 0.3) is 0 Å². The molecule has 31 heavy (non-hydrogen) atoms. The molecule has 0 aliphatic carbocycles. The maximum atomic E-state index is 13.5. The van der Waals surface area contributed by atoms with Crippen molar-refractivity contribution in [1.29, 1.82) is 0 Å². The van der Waals surface area contributed by atoms with Gasteiger partial charge in [-0.1, -0.05) is 65.7 Å². The van der Waals surface area contributed by atoms with Crippen LogP contribution in [0.3, 0.4) is 0 Å². The molecule has 0 radical (unpaired) electrons. The number of anilines is 1. The third-order valence-corrected chi connectivity index (χ3v) is 6.27. The lowest BCUT2D eigenvalue weighted by molar-refractivity contribution is -0.136. The van der Waals surface area contributed by atoms with Crippen LogP contribution in [0.1, 0.15) is 44.6 Å². The number of aliphatic hydroxyl groups is 1. The summed E-state index contributed by atoms with van der Waals surface area (Å²) >= 11 is 6.31. The van der Waals surface area contributed by atoms with E-state index in [9.17, 15) is 14.7 Å². The molecule has 1 heterocycles. The first-order chi connectivity index (χ1) is 14.7. The molecular formula is C26H24ClNO3. The molecule has 1 aliphatic heterocycles. The van der Waals surface area contributed by atoms with Gasteiger partial charge in [0, 0.05) is 16.1 Å². The quantitative estimate of drug-likeness (QED) is 0.557. The lowest BCUT2D eigenvalue weighted by Crippen LogP contribution is -2.41. The Morgan fingerprint density at radius 1 is 1.00 bits per heavy atom. The number of hydrogen-bond donors (Lipinski definition) is 1. The Morgan fingerprint density at radius 2 is 1.61 bits per heavy atom. The lowest BCUT2D eigenvalue weighted by atomic mass is 9.85. The van der Waals surface area contributed by atoms with E-state index in [1.807, 2.05) is 57.2 Å². The molecule has 3 aromatic carbocycles. The highest BCUT2D eigenvalue weighted by Crippen LogP contribution is 2.44. The first-order valence-electron chi connectivity index (χ1n) is 10.2. The van der Waals surface area contributed by atoms with E-state index in [-0.39, 0.29) is 18.7 Å². The Labute approximate surface area is 187 Å². The van der Waals surface area contributed by atoms with Crippen LogP contribution in [0.5, 0.6) is 0 Å². The van der Waals surface area contributed by atoms with Crippen molar-refractivity contribution in [2.24, 2.45) is 0 Å². The predicted molar refractivity (Wildman–Crippen MR) is 123 cm³/mol. The zero-order valence-electron chi connectivity index (χ0n) is 17.8. The molecule has 0 bridgehead atoms. The van der Waals surface area contributed by atoms with E-state index in [0.717, 1.165) is 22.3 Å². The molecule has 1 amide bonds. The average Bonchev–Trinajstić information content (AvgIpc) is 2.91. The second kappa shape index (κ2) is 7.95. The average molecular weight is 434 g/mol. The molecule has 0 spiro atoms. The van der Waals surface area contributed by atoms with Gasteiger partial charge in [-0.25, -0.2) is 0 Å². The number of amides is 1. The molecule has 5 heteroatoms. The van der Waals surface area contributed by atoms with E-state index in [2.05, 4.69) is 0 Å². The largest absolute Gasteiger partial charge is 0.375 e. The smallest absolute Gasteiger partial charge is 0.264 e. The Morgan fingerprint density at radius 3 is 2.29 bits per heavy atom. The molecule has 0 fully saturated rings. The van der Waals surface area contributed by atoms with Crippen molar-refractivity contribution in [2.45, 2.75) is 39.3 Å². The van der Waals surface area contributed by atoms with Gasteiger partial charge in [0.1, 0.15) is 0 Å². The third-order valence-electron chi connectivity index (χ3n) is 5.90. The summed E-state index contributed by atoms with van der Waals surface area (Å²) in [5.74, 6) is -0.760. The topological polar surface area (TPSA) is 57.6 Å². The summed E-state index contributed by atoms with van der Waals surface area (Å²) in [6.45, 7) is 5.95. The fraction of sp³-hybridized carbons (Fsp3) is 0.231. The molecule has 1 unspecified atom stereocenters. The van der Waals surface area contributed by atoms with Gasteiger partial charge in [0.25, 0.3) is 5.91 Å². The molecular weight excluding hydrogens is 410 g/mol. The van der Waals surface area contributed by atoms with Crippen LogP contribution in [0.4, 0.5) is 5.69 Å². The fourth-order valence-corrected chi connectivity index (χ4v) is 4.77. The van der Waals surface area contributed by atoms with E-state index in [1.54, 1.807) is 24.3 Å². The molecule has 0 saturated heterocycles. The van der Waals surface area contributed by atoms with Gasteiger partial charge in [0.05, 0.1) is 18.7 Å². The maximum absolute atomic E-state index is 13.5. The molecule has 0 aromatic heterocycles. The summed E-state index contributed by atoms with van der Waals surface area (Å²) in [6, 6.07) is 18.3. The van der Waals surface area contributed by atoms with Crippen molar-refractivity contribution in [3.05, 3.63) is 99.1 Å². The maximum Gasteiger partial charge on any atom is 0.264 e. The Kier molecular flexibility index (Phi) is 5.46. The van der Waals surface area contributed by atoms with E-state index in [0.29, 0.717) is 21.8 Å². The van der Waals surface area contributed by atoms with E-state index in [1.165, 1.54) is 4.90 Å². The van der Waals surface area contributed by atoms with Crippen molar-refractivity contribution < 1.29 is 14.7 Å². The minimum atomic E-state index is -1.92. The number of benzene rings is 3. The summed E-state index contributed by atoms with van der Waals surface area (Å²) in [7, 11) is 0. The zero-order valence-corrected chi connectivity index (χ0v) is 18.5. The number of hydrogen-bond acceptors (Lipinski definition) is 3. The lowest BCUT2D eigenvalue weighted by Gasteiger charge is -2.24. The first kappa shape index (κ1) is 21.3. The van der Waals surface area contributed by atoms with E-state index >= 15 is 0 Å². The zero-order chi connectivity index (χ0) is 22.3. The van der Waals surface area contributed by atoms with Gasteiger partial charge in [-0.3, -0.25) is 9.59 Å². The van der Waals surface area contributed by atoms with Crippen molar-refractivity contribution >= 4 is 29.0 Å². The summed E-state index contributed by atoms with van der Waals surface area (Å²) in [5.41, 5.74) is 3.22. The number of nitrogens with zero attached hydrogens (tertiary/aromatic N) is 1. The van der Waals surface area contributed by atoms with Crippen molar-refractivity contribution in [3.63, 3.8) is 0 Å². The number of carbonyl (C=O) groups excluding carboxylic acids is 2. The SMILES string of the molecule is Cc1cc(C)c(C(=O)CC2(O)C(=O)N(Cc3ccccc3Cl)c3ccccc32)c(C)c1. The summed E-state index contributed by atoms with van der Waals surface area (Å²) in [4.78, 5) is 28.3. The van der Waals surface area contributed by atoms with Crippen LogP contribution in [0.15, 0.2) is 60.7 Å². The number of Topliss-reactive ketones (excluding diaryl/α,β-unsaturated/α-hetero) is 1.